The molecule has 3 heteroatoms. The summed E-state index contributed by atoms with van der Waals surface area (Å²) in [5, 5.41) is 8.68. The third-order valence-electron chi connectivity index (χ3n) is 1.49. The highest BCUT2D eigenvalue weighted by Crippen LogP contribution is 2.11. The van der Waals surface area contributed by atoms with E-state index in [1.165, 1.54) is 0 Å². The molecule has 0 atom stereocenters. The van der Waals surface area contributed by atoms with Gasteiger partial charge in [-0.3, -0.25) is 9.79 Å². The van der Waals surface area contributed by atoms with Crippen LogP contribution in [-0.4, -0.2) is 23.7 Å². The molecule has 0 spiro atoms. The number of aliphatic hydroxyl groups excluding tert-OH is 1. The molecule has 3 nitrogen and oxygen atoms in total. The fourth-order valence-electron chi connectivity index (χ4n) is 0.871. The van der Waals surface area contributed by atoms with E-state index in [0.717, 1.165) is 0 Å². The van der Waals surface area contributed by atoms with E-state index in [0.29, 0.717) is 17.7 Å². The number of aliphatic hydroxyl groups is 1. The van der Waals surface area contributed by atoms with E-state index in [2.05, 4.69) is 4.99 Å². The maximum Gasteiger partial charge on any atom is 0.168 e. The quantitative estimate of drug-likeness (QED) is 0.567. The standard InChI is InChI=1S/C7H9NO2/c1-5-6(4-9)7(10)2-3-8-5/h3,9H,2,4H2,1H3. The second-order valence-corrected chi connectivity index (χ2v) is 2.16. The Hall–Kier alpha value is -0.960. The van der Waals surface area contributed by atoms with E-state index in [1.54, 1.807) is 13.1 Å². The molecule has 1 rings (SSSR count). The molecule has 54 valence electrons. The molecular formula is C7H9NO2. The molecule has 0 aromatic heterocycles. The van der Waals surface area contributed by atoms with E-state index >= 15 is 0 Å². The lowest BCUT2D eigenvalue weighted by molar-refractivity contribution is -0.114. The summed E-state index contributed by atoms with van der Waals surface area (Å²) in [6.07, 6.45) is 1.89. The second kappa shape index (κ2) is 2.75. The molecule has 0 aromatic carbocycles. The van der Waals surface area contributed by atoms with Crippen molar-refractivity contribution in [3.05, 3.63) is 11.3 Å². The first-order chi connectivity index (χ1) is 4.75. The van der Waals surface area contributed by atoms with Crippen LogP contribution in [-0.2, 0) is 4.79 Å². The molecule has 0 aromatic rings. The smallest absolute Gasteiger partial charge is 0.168 e. The third kappa shape index (κ3) is 1.14. The minimum absolute atomic E-state index is 0.0185. The highest BCUT2D eigenvalue weighted by atomic mass is 16.3. The van der Waals surface area contributed by atoms with Crippen LogP contribution in [0, 0.1) is 0 Å². The number of allylic oxidation sites excluding steroid dienone is 1. The summed E-state index contributed by atoms with van der Waals surface area (Å²) in [4.78, 5) is 14.8. The molecule has 0 saturated heterocycles. The number of Topliss-reactive ketones (excluding diaryl/α,β-unsaturated/α-hetero) is 1. The maximum atomic E-state index is 10.9. The van der Waals surface area contributed by atoms with E-state index in [1.807, 2.05) is 0 Å². The molecule has 1 aliphatic heterocycles. The molecule has 0 amide bonds. The van der Waals surface area contributed by atoms with Crippen molar-refractivity contribution < 1.29 is 9.90 Å². The highest BCUT2D eigenvalue weighted by Gasteiger charge is 2.13. The monoisotopic (exact) mass is 139 g/mol. The average molecular weight is 139 g/mol. The van der Waals surface area contributed by atoms with Crippen molar-refractivity contribution in [3.63, 3.8) is 0 Å². The molecule has 1 aliphatic rings. The first kappa shape index (κ1) is 7.15. The van der Waals surface area contributed by atoms with Crippen LogP contribution in [0.4, 0.5) is 0 Å². The fraction of sp³-hybridized carbons (Fsp3) is 0.429. The molecular weight excluding hydrogens is 130 g/mol. The van der Waals surface area contributed by atoms with Crippen molar-refractivity contribution in [1.29, 1.82) is 0 Å². The first-order valence-electron chi connectivity index (χ1n) is 3.12. The van der Waals surface area contributed by atoms with Gasteiger partial charge in [-0.05, 0) is 6.92 Å². The zero-order valence-electron chi connectivity index (χ0n) is 5.79. The zero-order valence-corrected chi connectivity index (χ0v) is 5.79. The molecule has 0 bridgehead atoms. The number of carbonyl (C=O) groups excluding carboxylic acids is 1. The molecule has 0 fully saturated rings. The number of nitrogens with zero attached hydrogens (tertiary/aromatic N) is 1. The summed E-state index contributed by atoms with van der Waals surface area (Å²) in [7, 11) is 0. The van der Waals surface area contributed by atoms with Gasteiger partial charge >= 0.3 is 0 Å². The maximum absolute atomic E-state index is 10.9. The number of hydrogen-bond acceptors (Lipinski definition) is 3. The Morgan fingerprint density at radius 3 is 2.90 bits per heavy atom. The van der Waals surface area contributed by atoms with Crippen molar-refractivity contribution in [1.82, 2.24) is 0 Å². The van der Waals surface area contributed by atoms with Gasteiger partial charge < -0.3 is 5.11 Å². The fourth-order valence-corrected chi connectivity index (χ4v) is 0.871. The lowest BCUT2D eigenvalue weighted by Gasteiger charge is -2.07. The summed E-state index contributed by atoms with van der Waals surface area (Å²) in [5.41, 5.74) is 1.08. The lowest BCUT2D eigenvalue weighted by atomic mass is 10.1. The summed E-state index contributed by atoms with van der Waals surface area (Å²) in [6, 6.07) is 0. The Morgan fingerprint density at radius 1 is 1.80 bits per heavy atom. The van der Waals surface area contributed by atoms with Crippen LogP contribution in [0.15, 0.2) is 16.3 Å². The third-order valence-corrected chi connectivity index (χ3v) is 1.49. The van der Waals surface area contributed by atoms with Gasteiger partial charge in [0.15, 0.2) is 5.78 Å². The van der Waals surface area contributed by atoms with Crippen LogP contribution in [0.3, 0.4) is 0 Å². The van der Waals surface area contributed by atoms with Gasteiger partial charge in [0.1, 0.15) is 0 Å². The predicted molar refractivity (Wildman–Crippen MR) is 37.9 cm³/mol. The molecule has 10 heavy (non-hydrogen) atoms. The molecule has 1 heterocycles. The highest BCUT2D eigenvalue weighted by molar-refractivity contribution is 6.05. The van der Waals surface area contributed by atoms with Crippen molar-refractivity contribution in [2.75, 3.05) is 6.61 Å². The van der Waals surface area contributed by atoms with Crippen molar-refractivity contribution >= 4 is 12.0 Å². The SMILES string of the molecule is CC1=C(CO)C(=O)CC=N1. The Labute approximate surface area is 59.1 Å². The Kier molecular flexibility index (Phi) is 1.97. The number of rotatable bonds is 1. The van der Waals surface area contributed by atoms with E-state index < -0.39 is 0 Å². The van der Waals surface area contributed by atoms with Crippen LogP contribution in [0.25, 0.3) is 0 Å². The summed E-state index contributed by atoms with van der Waals surface area (Å²) in [5.74, 6) is -0.0185. The summed E-state index contributed by atoms with van der Waals surface area (Å²) < 4.78 is 0. The van der Waals surface area contributed by atoms with Gasteiger partial charge in [0.2, 0.25) is 0 Å². The second-order valence-electron chi connectivity index (χ2n) is 2.16. The van der Waals surface area contributed by atoms with Crippen LogP contribution in [0.2, 0.25) is 0 Å². The predicted octanol–water partition coefficient (Wildman–Crippen LogP) is 0.296. The van der Waals surface area contributed by atoms with Gasteiger partial charge in [0.25, 0.3) is 0 Å². The average Bonchev–Trinajstić information content (AvgIpc) is 1.88. The van der Waals surface area contributed by atoms with Crippen molar-refractivity contribution in [3.8, 4) is 0 Å². The van der Waals surface area contributed by atoms with Gasteiger partial charge in [-0.2, -0.15) is 0 Å². The van der Waals surface area contributed by atoms with Crippen molar-refractivity contribution in [2.45, 2.75) is 13.3 Å². The van der Waals surface area contributed by atoms with Crippen LogP contribution in [0.5, 0.6) is 0 Å². The molecule has 1 N–H and O–H groups in total. The first-order valence-corrected chi connectivity index (χ1v) is 3.12. The van der Waals surface area contributed by atoms with Crippen molar-refractivity contribution in [2.24, 2.45) is 4.99 Å². The minimum Gasteiger partial charge on any atom is -0.391 e. The van der Waals surface area contributed by atoms with Gasteiger partial charge in [0, 0.05) is 23.9 Å². The molecule has 0 radical (unpaired) electrons. The Bertz CT molecular complexity index is 216. The molecule has 0 aliphatic carbocycles. The Morgan fingerprint density at radius 2 is 2.50 bits per heavy atom. The number of carbonyl (C=O) groups is 1. The summed E-state index contributed by atoms with van der Waals surface area (Å²) in [6.45, 7) is 1.53. The van der Waals surface area contributed by atoms with Crippen LogP contribution < -0.4 is 0 Å². The molecule has 0 unspecified atom stereocenters. The number of ketones is 1. The van der Waals surface area contributed by atoms with Crippen LogP contribution in [0.1, 0.15) is 13.3 Å². The number of hydrogen-bond donors (Lipinski definition) is 1. The van der Waals surface area contributed by atoms with Gasteiger partial charge in [-0.1, -0.05) is 0 Å². The van der Waals surface area contributed by atoms with E-state index in [4.69, 9.17) is 5.11 Å². The lowest BCUT2D eigenvalue weighted by Crippen LogP contribution is -2.12. The van der Waals surface area contributed by atoms with Gasteiger partial charge in [-0.25, -0.2) is 0 Å². The summed E-state index contributed by atoms with van der Waals surface area (Å²) >= 11 is 0. The van der Waals surface area contributed by atoms with E-state index in [9.17, 15) is 4.79 Å². The Balaban J connectivity index is 2.94. The van der Waals surface area contributed by atoms with Gasteiger partial charge in [-0.15, -0.1) is 0 Å². The van der Waals surface area contributed by atoms with E-state index in [-0.39, 0.29) is 12.4 Å². The van der Waals surface area contributed by atoms with Gasteiger partial charge in [0.05, 0.1) is 6.61 Å². The zero-order chi connectivity index (χ0) is 7.56. The minimum atomic E-state index is -0.192. The number of aliphatic imine (C=N–C) groups is 1. The largest absolute Gasteiger partial charge is 0.391 e. The topological polar surface area (TPSA) is 49.7 Å². The normalized spacial score (nSPS) is 18.4. The van der Waals surface area contributed by atoms with Crippen LogP contribution >= 0.6 is 0 Å². The molecule has 0 saturated carbocycles.